The van der Waals surface area contributed by atoms with Gasteiger partial charge < -0.3 is 10.2 Å². The zero-order valence-electron chi connectivity index (χ0n) is 28.2. The average molecular weight is 677 g/mol. The summed E-state index contributed by atoms with van der Waals surface area (Å²) in [7, 11) is -3.57. The zero-order chi connectivity index (χ0) is 32.4. The van der Waals surface area contributed by atoms with Crippen molar-refractivity contribution in [3.63, 3.8) is 0 Å². The van der Waals surface area contributed by atoms with Crippen molar-refractivity contribution in [2.75, 3.05) is 19.6 Å². The highest BCUT2D eigenvalue weighted by molar-refractivity contribution is 7.89. The largest absolute Gasteiger partial charge is 0.342 e. The summed E-state index contributed by atoms with van der Waals surface area (Å²) in [4.78, 5) is 31.8. The predicted molar refractivity (Wildman–Crippen MR) is 183 cm³/mol. The van der Waals surface area contributed by atoms with Crippen molar-refractivity contribution in [2.45, 2.75) is 128 Å². The molecule has 0 bridgehead atoms. The molecule has 2 amide bonds. The van der Waals surface area contributed by atoms with Crippen LogP contribution in [0.4, 0.5) is 0 Å². The van der Waals surface area contributed by atoms with Gasteiger partial charge >= 0.3 is 0 Å². The highest BCUT2D eigenvalue weighted by Gasteiger charge is 2.53. The first-order chi connectivity index (χ1) is 21.4. The molecular weight excluding hydrogens is 624 g/mol. The van der Waals surface area contributed by atoms with Crippen LogP contribution in [0.15, 0.2) is 29.2 Å². The second-order valence-electron chi connectivity index (χ2n) is 13.8. The molecule has 2 aliphatic heterocycles. The number of carbonyl (C=O) groups excluding carboxylic acids is 2. The number of amides is 2. The second-order valence-corrected chi connectivity index (χ2v) is 15.5. The number of benzene rings is 1. The quantitative estimate of drug-likeness (QED) is 0.345. The molecule has 3 fully saturated rings. The van der Waals surface area contributed by atoms with Gasteiger partial charge in [0.1, 0.15) is 11.6 Å². The van der Waals surface area contributed by atoms with Crippen molar-refractivity contribution in [1.29, 1.82) is 0 Å². The molecule has 2 saturated heterocycles. The summed E-state index contributed by atoms with van der Waals surface area (Å²) in [6, 6.07) is 6.54. The van der Waals surface area contributed by atoms with Gasteiger partial charge in [-0.25, -0.2) is 17.8 Å². The summed E-state index contributed by atoms with van der Waals surface area (Å²) in [5.41, 5.74) is 3.10. The lowest BCUT2D eigenvalue weighted by Gasteiger charge is -2.52. The molecule has 3 heterocycles. The fourth-order valence-electron chi connectivity index (χ4n) is 7.38. The Balaban J connectivity index is 0.00000480. The van der Waals surface area contributed by atoms with Crippen molar-refractivity contribution in [3.8, 4) is 5.69 Å². The maximum absolute atomic E-state index is 13.6. The van der Waals surface area contributed by atoms with Crippen molar-refractivity contribution < 1.29 is 18.0 Å². The van der Waals surface area contributed by atoms with Crippen LogP contribution in [0, 0.1) is 19.8 Å². The van der Waals surface area contributed by atoms with E-state index in [0.717, 1.165) is 61.2 Å². The highest BCUT2D eigenvalue weighted by atomic mass is 35.5. The van der Waals surface area contributed by atoms with E-state index in [2.05, 4.69) is 35.7 Å². The summed E-state index contributed by atoms with van der Waals surface area (Å²) in [5.74, 6) is 0.398. The molecule has 2 aromatic rings. The Morgan fingerprint density at radius 1 is 1.04 bits per heavy atom. The van der Waals surface area contributed by atoms with Gasteiger partial charge in [-0.3, -0.25) is 14.5 Å². The summed E-state index contributed by atoms with van der Waals surface area (Å²) < 4.78 is 30.8. The molecule has 12 heteroatoms. The van der Waals surface area contributed by atoms with Crippen LogP contribution in [-0.2, 0) is 26.2 Å². The molecule has 1 saturated carbocycles. The number of piperazine rings is 1. The number of aryl methyl sites for hydroxylation is 1. The third-order valence-corrected chi connectivity index (χ3v) is 11.6. The second kappa shape index (κ2) is 15.2. The Hall–Kier alpha value is -2.47. The lowest BCUT2D eigenvalue weighted by atomic mass is 9.80. The minimum absolute atomic E-state index is 0. The van der Waals surface area contributed by atoms with Gasteiger partial charge in [-0.1, -0.05) is 46.5 Å². The predicted octanol–water partition coefficient (Wildman–Crippen LogP) is 5.03. The Kier molecular flexibility index (Phi) is 12.0. The Bertz CT molecular complexity index is 1460. The van der Waals surface area contributed by atoms with Crippen molar-refractivity contribution in [3.05, 3.63) is 41.2 Å². The van der Waals surface area contributed by atoms with E-state index in [1.165, 1.54) is 6.42 Å². The van der Waals surface area contributed by atoms with Crippen LogP contribution in [0.3, 0.4) is 0 Å². The van der Waals surface area contributed by atoms with Gasteiger partial charge in [0.15, 0.2) is 0 Å². The molecule has 10 nitrogen and oxygen atoms in total. The number of nitrogens with one attached hydrogen (secondary N) is 2. The standard InChI is InChI=1S/C34H52N6O4S.ClH/c1-6-7-19-39-32(41)31(22-24(2)3)35-33(42)34(39)17-20-38(21-18-34)23-30-25(4)36-40(26(30)5)28-13-15-29(16-14-28)45(43,44)37-27-11-9-8-10-12-27;/h13-16,24,27,31,37H,6-12,17-23H2,1-5H3,(H,35,42);1H/t31-;/m0./s1. The van der Waals surface area contributed by atoms with Gasteiger partial charge in [0.2, 0.25) is 21.8 Å². The van der Waals surface area contributed by atoms with Crippen LogP contribution in [-0.4, -0.2) is 77.1 Å². The molecule has 3 aliphatic rings. The Morgan fingerprint density at radius 3 is 2.30 bits per heavy atom. The SMILES string of the molecule is CCCCN1C(=O)[C@H](CC(C)C)NC(=O)C12CCN(Cc1c(C)nn(-c3ccc(S(=O)(=O)NC4CCCCC4)cc3)c1C)CC2.Cl. The van der Waals surface area contributed by atoms with E-state index in [9.17, 15) is 18.0 Å². The number of rotatable bonds is 11. The number of nitrogens with zero attached hydrogens (tertiary/aromatic N) is 4. The summed E-state index contributed by atoms with van der Waals surface area (Å²) in [5, 5.41) is 7.92. The molecule has 5 rings (SSSR count). The first-order valence-corrected chi connectivity index (χ1v) is 18.5. The highest BCUT2D eigenvalue weighted by Crippen LogP contribution is 2.35. The molecule has 0 radical (unpaired) electrons. The smallest absolute Gasteiger partial charge is 0.246 e. The van der Waals surface area contributed by atoms with Gasteiger partial charge in [0.25, 0.3) is 0 Å². The van der Waals surface area contributed by atoms with Crippen LogP contribution in [0.25, 0.3) is 5.69 Å². The van der Waals surface area contributed by atoms with Crippen LogP contribution in [0.1, 0.15) is 102 Å². The van der Waals surface area contributed by atoms with E-state index >= 15 is 0 Å². The van der Waals surface area contributed by atoms with E-state index < -0.39 is 21.6 Å². The lowest BCUT2D eigenvalue weighted by molar-refractivity contribution is -0.161. The molecule has 1 aromatic carbocycles. The van der Waals surface area contributed by atoms with E-state index in [-0.39, 0.29) is 35.2 Å². The maximum atomic E-state index is 13.6. The summed E-state index contributed by atoms with van der Waals surface area (Å²) >= 11 is 0. The number of likely N-dealkylation sites (tertiary alicyclic amines) is 1. The number of piperidine rings is 1. The van der Waals surface area contributed by atoms with Crippen LogP contribution in [0.2, 0.25) is 0 Å². The monoisotopic (exact) mass is 676 g/mol. The van der Waals surface area contributed by atoms with E-state index in [4.69, 9.17) is 5.10 Å². The fraction of sp³-hybridized carbons (Fsp3) is 0.676. The maximum Gasteiger partial charge on any atom is 0.246 e. The average Bonchev–Trinajstić information content (AvgIpc) is 3.29. The number of unbranched alkanes of at least 4 members (excludes halogenated alkanes) is 1. The number of carbonyl (C=O) groups is 2. The van der Waals surface area contributed by atoms with Gasteiger partial charge in [-0.05, 0) is 82.6 Å². The summed E-state index contributed by atoms with van der Waals surface area (Å²) in [6.45, 7) is 13.1. The van der Waals surface area contributed by atoms with Crippen LogP contribution in [0.5, 0.6) is 0 Å². The molecule has 2 N–H and O–H groups in total. The number of hydrogen-bond donors (Lipinski definition) is 2. The number of hydrogen-bond acceptors (Lipinski definition) is 6. The van der Waals surface area contributed by atoms with Crippen LogP contribution >= 0.6 is 12.4 Å². The van der Waals surface area contributed by atoms with Crippen molar-refractivity contribution in [1.82, 2.24) is 29.6 Å². The van der Waals surface area contributed by atoms with Crippen LogP contribution < -0.4 is 10.0 Å². The number of aromatic nitrogens is 2. The third kappa shape index (κ3) is 7.63. The minimum atomic E-state index is -3.57. The van der Waals surface area contributed by atoms with E-state index in [0.29, 0.717) is 51.4 Å². The molecule has 0 unspecified atom stereocenters. The fourth-order valence-corrected chi connectivity index (χ4v) is 8.68. The Labute approximate surface area is 281 Å². The topological polar surface area (TPSA) is 117 Å². The molecular formula is C34H53ClN6O4S. The first kappa shape index (κ1) is 36.4. The van der Waals surface area contributed by atoms with Gasteiger partial charge in [-0.2, -0.15) is 5.10 Å². The number of sulfonamides is 1. The van der Waals surface area contributed by atoms with Gasteiger partial charge in [0.05, 0.1) is 16.3 Å². The van der Waals surface area contributed by atoms with E-state index in [1.807, 2.05) is 35.6 Å². The normalized spacial score (nSPS) is 21.1. The molecule has 46 heavy (non-hydrogen) atoms. The minimum Gasteiger partial charge on any atom is -0.342 e. The van der Waals surface area contributed by atoms with Crippen molar-refractivity contribution in [2.24, 2.45) is 5.92 Å². The number of halogens is 1. The van der Waals surface area contributed by atoms with Gasteiger partial charge in [0, 0.05) is 43.5 Å². The van der Waals surface area contributed by atoms with Gasteiger partial charge in [-0.15, -0.1) is 12.4 Å². The third-order valence-electron chi connectivity index (χ3n) is 10.1. The van der Waals surface area contributed by atoms with E-state index in [1.54, 1.807) is 12.1 Å². The zero-order valence-corrected chi connectivity index (χ0v) is 29.8. The molecule has 256 valence electrons. The van der Waals surface area contributed by atoms with Crippen molar-refractivity contribution >= 4 is 34.2 Å². The summed E-state index contributed by atoms with van der Waals surface area (Å²) in [6.07, 6.45) is 8.83. The molecule has 1 aromatic heterocycles. The Morgan fingerprint density at radius 2 is 1.70 bits per heavy atom. The first-order valence-electron chi connectivity index (χ1n) is 17.0. The lowest BCUT2D eigenvalue weighted by Crippen LogP contribution is -2.73. The molecule has 1 aliphatic carbocycles. The molecule has 1 atom stereocenters. The molecule has 1 spiro atoms.